The summed E-state index contributed by atoms with van der Waals surface area (Å²) in [6, 6.07) is 13.7. The van der Waals surface area contributed by atoms with Crippen molar-refractivity contribution in [1.82, 2.24) is 0 Å². The van der Waals surface area contributed by atoms with E-state index in [0.29, 0.717) is 0 Å². The van der Waals surface area contributed by atoms with E-state index >= 15 is 0 Å². The Kier molecular flexibility index (Phi) is 11.8. The first-order valence-electron chi connectivity index (χ1n) is 5.97. The monoisotopic (exact) mass is 260 g/mol. The van der Waals surface area contributed by atoms with Crippen LogP contribution in [0.1, 0.15) is 5.56 Å². The molecule has 0 aliphatic carbocycles. The number of allylic oxidation sites excluding steroid dienone is 8. The molecule has 20 heavy (non-hydrogen) atoms. The number of benzene rings is 1. The SMILES string of the molecule is C=CC=CC=CC#N.N#CC=CC=Cc1ccccc1. The lowest BCUT2D eigenvalue weighted by Gasteiger charge is -1.87. The molecule has 0 saturated heterocycles. The van der Waals surface area contributed by atoms with Crippen LogP contribution in [0.2, 0.25) is 0 Å². The van der Waals surface area contributed by atoms with Crippen LogP contribution in [-0.2, 0) is 0 Å². The smallest absolute Gasteiger partial charge is 0.0912 e. The summed E-state index contributed by atoms with van der Waals surface area (Å²) < 4.78 is 0. The topological polar surface area (TPSA) is 47.6 Å². The first kappa shape index (κ1) is 16.9. The number of nitriles is 2. The molecular weight excluding hydrogens is 244 g/mol. The summed E-state index contributed by atoms with van der Waals surface area (Å²) in [7, 11) is 0. The predicted molar refractivity (Wildman–Crippen MR) is 84.3 cm³/mol. The van der Waals surface area contributed by atoms with Crippen molar-refractivity contribution in [3.05, 3.63) is 91.1 Å². The first-order chi connectivity index (χ1) is 9.85. The highest BCUT2D eigenvalue weighted by atomic mass is 14.2. The number of rotatable bonds is 4. The molecule has 0 fully saturated rings. The molecule has 1 aromatic rings. The molecule has 0 bridgehead atoms. The Balaban J connectivity index is 0.000000396. The molecule has 0 amide bonds. The van der Waals surface area contributed by atoms with Crippen molar-refractivity contribution in [2.24, 2.45) is 0 Å². The molecule has 0 N–H and O–H groups in total. The van der Waals surface area contributed by atoms with Crippen molar-refractivity contribution >= 4 is 6.08 Å². The van der Waals surface area contributed by atoms with Gasteiger partial charge in [0.25, 0.3) is 0 Å². The maximum atomic E-state index is 8.19. The molecule has 0 aromatic heterocycles. The third kappa shape index (κ3) is 11.4. The predicted octanol–water partition coefficient (Wildman–Crippen LogP) is 4.59. The Morgan fingerprint density at radius 3 is 1.95 bits per heavy atom. The second kappa shape index (κ2) is 14.0. The van der Waals surface area contributed by atoms with E-state index in [9.17, 15) is 0 Å². The molecule has 98 valence electrons. The van der Waals surface area contributed by atoms with Gasteiger partial charge in [0, 0.05) is 12.2 Å². The second-order valence-corrected chi connectivity index (χ2v) is 3.37. The van der Waals surface area contributed by atoms with E-state index in [-0.39, 0.29) is 0 Å². The highest BCUT2D eigenvalue weighted by Gasteiger charge is 1.78. The zero-order valence-corrected chi connectivity index (χ0v) is 11.2. The largest absolute Gasteiger partial charge is 0.193 e. The Morgan fingerprint density at radius 1 is 0.800 bits per heavy atom. The number of hydrogen-bond acceptors (Lipinski definition) is 2. The number of nitrogens with zero attached hydrogens (tertiary/aromatic N) is 2. The summed E-state index contributed by atoms with van der Waals surface area (Å²) >= 11 is 0. The third-order valence-electron chi connectivity index (χ3n) is 1.90. The Morgan fingerprint density at radius 2 is 1.40 bits per heavy atom. The Hall–Kier alpha value is -3.10. The zero-order chi connectivity index (χ0) is 14.9. The zero-order valence-electron chi connectivity index (χ0n) is 11.2. The van der Waals surface area contributed by atoms with Gasteiger partial charge in [-0.3, -0.25) is 0 Å². The van der Waals surface area contributed by atoms with Crippen LogP contribution in [0.4, 0.5) is 0 Å². The minimum absolute atomic E-state index is 1.14. The van der Waals surface area contributed by atoms with Crippen molar-refractivity contribution in [1.29, 1.82) is 10.5 Å². The highest BCUT2D eigenvalue weighted by Crippen LogP contribution is 2.00. The van der Waals surface area contributed by atoms with Crippen LogP contribution in [0, 0.1) is 22.7 Å². The van der Waals surface area contributed by atoms with Gasteiger partial charge in [-0.2, -0.15) is 10.5 Å². The molecule has 0 aliphatic heterocycles. The lowest BCUT2D eigenvalue weighted by Crippen LogP contribution is -1.66. The van der Waals surface area contributed by atoms with E-state index in [0.717, 1.165) is 5.56 Å². The average molecular weight is 260 g/mol. The maximum absolute atomic E-state index is 8.19. The van der Waals surface area contributed by atoms with Crippen molar-refractivity contribution < 1.29 is 0 Å². The highest BCUT2D eigenvalue weighted by molar-refractivity contribution is 5.50. The minimum Gasteiger partial charge on any atom is -0.193 e. The van der Waals surface area contributed by atoms with Crippen LogP contribution in [-0.4, -0.2) is 0 Å². The summed E-state index contributed by atoms with van der Waals surface area (Å²) in [5.74, 6) is 0. The third-order valence-corrected chi connectivity index (χ3v) is 1.90. The van der Waals surface area contributed by atoms with Gasteiger partial charge in [-0.25, -0.2) is 0 Å². The Labute approximate surface area is 120 Å². The summed E-state index contributed by atoms with van der Waals surface area (Å²) in [5, 5.41) is 16.2. The van der Waals surface area contributed by atoms with E-state index in [2.05, 4.69) is 6.58 Å². The molecule has 2 nitrogen and oxygen atoms in total. The minimum atomic E-state index is 1.14. The summed E-state index contributed by atoms with van der Waals surface area (Å²) in [6.07, 6.45) is 15.2. The Bertz CT molecular complexity index is 562. The van der Waals surface area contributed by atoms with Gasteiger partial charge in [0.15, 0.2) is 0 Å². The van der Waals surface area contributed by atoms with E-state index < -0.39 is 0 Å². The molecule has 0 aliphatic rings. The van der Waals surface area contributed by atoms with E-state index in [1.807, 2.05) is 54.6 Å². The molecule has 0 spiro atoms. The molecule has 0 atom stereocenters. The van der Waals surface area contributed by atoms with Crippen LogP contribution < -0.4 is 0 Å². The van der Waals surface area contributed by atoms with Gasteiger partial charge in [0.2, 0.25) is 0 Å². The summed E-state index contributed by atoms with van der Waals surface area (Å²) in [6.45, 7) is 3.45. The summed E-state index contributed by atoms with van der Waals surface area (Å²) in [4.78, 5) is 0. The summed E-state index contributed by atoms with van der Waals surface area (Å²) in [5.41, 5.74) is 1.14. The van der Waals surface area contributed by atoms with E-state index in [4.69, 9.17) is 10.5 Å². The van der Waals surface area contributed by atoms with Gasteiger partial charge in [-0.15, -0.1) is 0 Å². The van der Waals surface area contributed by atoms with Gasteiger partial charge >= 0.3 is 0 Å². The van der Waals surface area contributed by atoms with Gasteiger partial charge in [-0.1, -0.05) is 79.4 Å². The lowest BCUT2D eigenvalue weighted by atomic mass is 10.2. The average Bonchev–Trinajstić information content (AvgIpc) is 2.50. The van der Waals surface area contributed by atoms with E-state index in [1.54, 1.807) is 30.4 Å². The fraction of sp³-hybridized carbons (Fsp3) is 0. The van der Waals surface area contributed by atoms with Crippen molar-refractivity contribution in [2.75, 3.05) is 0 Å². The van der Waals surface area contributed by atoms with E-state index in [1.165, 1.54) is 12.2 Å². The molecule has 1 aromatic carbocycles. The maximum Gasteiger partial charge on any atom is 0.0912 e. The molecule has 0 saturated carbocycles. The van der Waals surface area contributed by atoms with Crippen molar-refractivity contribution in [3.63, 3.8) is 0 Å². The molecule has 0 heterocycles. The van der Waals surface area contributed by atoms with Gasteiger partial charge < -0.3 is 0 Å². The fourth-order valence-corrected chi connectivity index (χ4v) is 1.07. The molecule has 1 rings (SSSR count). The van der Waals surface area contributed by atoms with Crippen LogP contribution in [0.3, 0.4) is 0 Å². The normalized spacial score (nSPS) is 10.3. The van der Waals surface area contributed by atoms with Gasteiger partial charge in [-0.05, 0) is 5.56 Å². The lowest BCUT2D eigenvalue weighted by molar-refractivity contribution is 1.53. The first-order valence-corrected chi connectivity index (χ1v) is 5.97. The van der Waals surface area contributed by atoms with Crippen LogP contribution in [0.15, 0.2) is 85.5 Å². The molecule has 2 heteroatoms. The molecule has 0 radical (unpaired) electrons. The van der Waals surface area contributed by atoms with Crippen LogP contribution >= 0.6 is 0 Å². The molecule has 0 unspecified atom stereocenters. The van der Waals surface area contributed by atoms with Crippen molar-refractivity contribution in [2.45, 2.75) is 0 Å². The molecular formula is C18H16N2. The standard InChI is InChI=1S/C11H9N.C7H7N/c12-10-6-2-5-9-11-7-3-1-4-8-11;1-2-3-4-5-6-7-8/h1-9H;2-6H,1H2. The van der Waals surface area contributed by atoms with Crippen LogP contribution in [0.25, 0.3) is 6.08 Å². The van der Waals surface area contributed by atoms with Gasteiger partial charge in [0.1, 0.15) is 0 Å². The van der Waals surface area contributed by atoms with Gasteiger partial charge in [0.05, 0.1) is 12.1 Å². The second-order valence-electron chi connectivity index (χ2n) is 3.37. The number of hydrogen-bond donors (Lipinski definition) is 0. The van der Waals surface area contributed by atoms with Crippen LogP contribution in [0.5, 0.6) is 0 Å². The van der Waals surface area contributed by atoms with Crippen molar-refractivity contribution in [3.8, 4) is 12.1 Å². The quantitative estimate of drug-likeness (QED) is 0.587. The fourth-order valence-electron chi connectivity index (χ4n) is 1.07.